The molecule has 0 aromatic rings. The largest absolute Gasteiger partial charge is 0.382 e. The maximum atomic E-state index is 5.30. The van der Waals surface area contributed by atoms with Gasteiger partial charge in [0.1, 0.15) is 5.82 Å². The van der Waals surface area contributed by atoms with Gasteiger partial charge in [0, 0.05) is 18.6 Å². The Hall–Kier alpha value is -1.25. The zero-order chi connectivity index (χ0) is 5.82. The molecule has 0 saturated carbocycles. The lowest BCUT2D eigenvalue weighted by atomic mass is 10.7. The highest BCUT2D eigenvalue weighted by molar-refractivity contribution is 5.72. The lowest BCUT2D eigenvalue weighted by Gasteiger charge is -1.86. The maximum absolute atomic E-state index is 5.30. The molecule has 1 rings (SSSR count). The van der Waals surface area contributed by atoms with E-state index in [-0.39, 0.29) is 0 Å². The third-order valence-corrected chi connectivity index (χ3v) is 0.733. The SMILES string of the molecule is NC1=CNC=CC=N1. The van der Waals surface area contributed by atoms with Gasteiger partial charge in [-0.1, -0.05) is 0 Å². The second-order valence-electron chi connectivity index (χ2n) is 1.37. The molecule has 1 aliphatic heterocycles. The lowest BCUT2D eigenvalue weighted by molar-refractivity contribution is 1.12. The Balaban J connectivity index is 2.69. The third-order valence-electron chi connectivity index (χ3n) is 0.733. The van der Waals surface area contributed by atoms with Gasteiger partial charge in [-0.05, 0) is 6.08 Å². The summed E-state index contributed by atoms with van der Waals surface area (Å²) in [5.41, 5.74) is 5.30. The van der Waals surface area contributed by atoms with E-state index in [2.05, 4.69) is 10.3 Å². The summed E-state index contributed by atoms with van der Waals surface area (Å²) in [4.78, 5) is 3.79. The molecule has 0 amide bonds. The number of nitrogens with zero attached hydrogens (tertiary/aromatic N) is 1. The average molecular weight is 109 g/mol. The van der Waals surface area contributed by atoms with E-state index in [0.717, 1.165) is 0 Å². The van der Waals surface area contributed by atoms with E-state index in [1.54, 1.807) is 24.7 Å². The predicted molar refractivity (Wildman–Crippen MR) is 33.0 cm³/mol. The molecular weight excluding hydrogens is 102 g/mol. The molecule has 0 radical (unpaired) electrons. The first-order chi connectivity index (χ1) is 3.89. The second kappa shape index (κ2) is 2.16. The van der Waals surface area contributed by atoms with Gasteiger partial charge in [0.2, 0.25) is 0 Å². The number of hydrogen-bond acceptors (Lipinski definition) is 3. The Morgan fingerprint density at radius 3 is 3.38 bits per heavy atom. The van der Waals surface area contributed by atoms with Crippen LogP contribution in [0.25, 0.3) is 0 Å². The van der Waals surface area contributed by atoms with Gasteiger partial charge in [-0.3, -0.25) is 0 Å². The van der Waals surface area contributed by atoms with Gasteiger partial charge in [0.05, 0.1) is 0 Å². The molecule has 0 atom stereocenters. The minimum absolute atomic E-state index is 0.495. The van der Waals surface area contributed by atoms with Gasteiger partial charge in [0.25, 0.3) is 0 Å². The molecule has 42 valence electrons. The molecule has 1 heterocycles. The first-order valence-electron chi connectivity index (χ1n) is 2.30. The summed E-state index contributed by atoms with van der Waals surface area (Å²) in [6.07, 6.45) is 6.78. The van der Waals surface area contributed by atoms with E-state index in [1.807, 2.05) is 0 Å². The molecular formula is C5H7N3. The maximum Gasteiger partial charge on any atom is 0.139 e. The number of aliphatic imine (C=N–C) groups is 1. The Bertz CT molecular complexity index is 152. The van der Waals surface area contributed by atoms with Crippen molar-refractivity contribution in [2.45, 2.75) is 0 Å². The summed E-state index contributed by atoms with van der Waals surface area (Å²) in [7, 11) is 0. The van der Waals surface area contributed by atoms with Crippen molar-refractivity contribution in [2.75, 3.05) is 0 Å². The molecule has 0 unspecified atom stereocenters. The van der Waals surface area contributed by atoms with Crippen LogP contribution in [0.5, 0.6) is 0 Å². The van der Waals surface area contributed by atoms with E-state index in [0.29, 0.717) is 5.82 Å². The van der Waals surface area contributed by atoms with Crippen molar-refractivity contribution in [1.82, 2.24) is 5.32 Å². The van der Waals surface area contributed by atoms with Gasteiger partial charge in [-0.25, -0.2) is 4.99 Å². The zero-order valence-electron chi connectivity index (χ0n) is 4.33. The van der Waals surface area contributed by atoms with Crippen molar-refractivity contribution in [3.8, 4) is 0 Å². The fourth-order valence-corrected chi connectivity index (χ4v) is 0.398. The monoisotopic (exact) mass is 109 g/mol. The summed E-state index contributed by atoms with van der Waals surface area (Å²) in [6.45, 7) is 0. The van der Waals surface area contributed by atoms with Crippen molar-refractivity contribution in [1.29, 1.82) is 0 Å². The molecule has 8 heavy (non-hydrogen) atoms. The van der Waals surface area contributed by atoms with Crippen LogP contribution in [0.15, 0.2) is 29.3 Å². The number of rotatable bonds is 0. The van der Waals surface area contributed by atoms with Crippen LogP contribution >= 0.6 is 0 Å². The van der Waals surface area contributed by atoms with E-state index in [9.17, 15) is 0 Å². The van der Waals surface area contributed by atoms with E-state index in [1.165, 1.54) is 0 Å². The Morgan fingerprint density at radius 2 is 2.50 bits per heavy atom. The van der Waals surface area contributed by atoms with Crippen molar-refractivity contribution < 1.29 is 0 Å². The molecule has 1 aliphatic rings. The fraction of sp³-hybridized carbons (Fsp3) is 0. The summed E-state index contributed by atoms with van der Waals surface area (Å²) >= 11 is 0. The molecule has 0 spiro atoms. The van der Waals surface area contributed by atoms with Crippen molar-refractivity contribution in [3.63, 3.8) is 0 Å². The first-order valence-corrected chi connectivity index (χ1v) is 2.30. The van der Waals surface area contributed by atoms with Crippen LogP contribution < -0.4 is 11.1 Å². The zero-order valence-corrected chi connectivity index (χ0v) is 4.33. The second-order valence-corrected chi connectivity index (χ2v) is 1.37. The molecule has 0 aliphatic carbocycles. The van der Waals surface area contributed by atoms with Crippen LogP contribution in [-0.2, 0) is 0 Å². The normalized spacial score (nSPS) is 16.8. The molecule has 0 bridgehead atoms. The average Bonchev–Trinajstić information content (AvgIpc) is 1.94. The van der Waals surface area contributed by atoms with Crippen LogP contribution in [-0.4, -0.2) is 6.21 Å². The minimum Gasteiger partial charge on any atom is -0.382 e. The van der Waals surface area contributed by atoms with Gasteiger partial charge >= 0.3 is 0 Å². The highest BCUT2D eigenvalue weighted by Crippen LogP contribution is 1.84. The van der Waals surface area contributed by atoms with Crippen molar-refractivity contribution in [2.24, 2.45) is 10.7 Å². The third kappa shape index (κ3) is 1.11. The quantitative estimate of drug-likeness (QED) is 0.457. The summed E-state index contributed by atoms with van der Waals surface area (Å²) in [5, 5.41) is 2.80. The lowest BCUT2D eigenvalue weighted by Crippen LogP contribution is -1.98. The smallest absolute Gasteiger partial charge is 0.139 e. The summed E-state index contributed by atoms with van der Waals surface area (Å²) < 4.78 is 0. The summed E-state index contributed by atoms with van der Waals surface area (Å²) in [5.74, 6) is 0.495. The number of nitrogens with two attached hydrogens (primary N) is 1. The van der Waals surface area contributed by atoms with Gasteiger partial charge in [0.15, 0.2) is 0 Å². The summed E-state index contributed by atoms with van der Waals surface area (Å²) in [6, 6.07) is 0. The molecule has 3 N–H and O–H groups in total. The minimum atomic E-state index is 0.495. The van der Waals surface area contributed by atoms with E-state index < -0.39 is 0 Å². The number of allylic oxidation sites excluding steroid dienone is 1. The fourth-order valence-electron chi connectivity index (χ4n) is 0.398. The van der Waals surface area contributed by atoms with Gasteiger partial charge in [-0.15, -0.1) is 0 Å². The molecule has 0 fully saturated rings. The molecule has 0 saturated heterocycles. The van der Waals surface area contributed by atoms with E-state index in [4.69, 9.17) is 5.73 Å². The van der Waals surface area contributed by atoms with Crippen LogP contribution in [0.4, 0.5) is 0 Å². The number of nitrogens with one attached hydrogen (secondary N) is 1. The van der Waals surface area contributed by atoms with E-state index >= 15 is 0 Å². The van der Waals surface area contributed by atoms with Crippen LogP contribution in [0.3, 0.4) is 0 Å². The molecule has 3 nitrogen and oxygen atoms in total. The Labute approximate surface area is 47.6 Å². The highest BCUT2D eigenvalue weighted by atomic mass is 14.9. The molecule has 0 aromatic heterocycles. The topological polar surface area (TPSA) is 50.4 Å². The molecule has 0 aromatic carbocycles. The van der Waals surface area contributed by atoms with Crippen LogP contribution in [0, 0.1) is 0 Å². The Morgan fingerprint density at radius 1 is 1.62 bits per heavy atom. The predicted octanol–water partition coefficient (Wildman–Crippen LogP) is -0.0683. The highest BCUT2D eigenvalue weighted by Gasteiger charge is 1.80. The van der Waals surface area contributed by atoms with Crippen LogP contribution in [0.1, 0.15) is 0 Å². The van der Waals surface area contributed by atoms with Gasteiger partial charge in [-0.2, -0.15) is 0 Å². The van der Waals surface area contributed by atoms with Gasteiger partial charge < -0.3 is 11.1 Å². The number of hydrogen-bond donors (Lipinski definition) is 2. The van der Waals surface area contributed by atoms with Crippen molar-refractivity contribution >= 4 is 6.21 Å². The standard InChI is InChI=1S/C5H7N3/c6-5-4-7-2-1-3-8-5/h1-4,7H,6H2. The van der Waals surface area contributed by atoms with Crippen LogP contribution in [0.2, 0.25) is 0 Å². The Kier molecular flexibility index (Phi) is 1.32. The molecule has 3 heteroatoms. The first kappa shape index (κ1) is 4.90. The van der Waals surface area contributed by atoms with Crippen molar-refractivity contribution in [3.05, 3.63) is 24.3 Å².